The smallest absolute Gasteiger partial charge is 0.0159 e. The Morgan fingerprint density at radius 3 is 2.50 bits per heavy atom. The Bertz CT molecular complexity index is 340. The second-order valence-corrected chi connectivity index (χ2v) is 5.42. The SMILES string of the molecule is C=CCCCC(NCC)C(C)(C)c1ccccc1. The predicted molar refractivity (Wildman–Crippen MR) is 81.0 cm³/mol. The maximum Gasteiger partial charge on any atom is 0.0159 e. The zero-order valence-electron chi connectivity index (χ0n) is 12.1. The van der Waals surface area contributed by atoms with Crippen LogP contribution in [-0.2, 0) is 5.41 Å². The molecule has 1 rings (SSSR count). The van der Waals surface area contributed by atoms with Crippen LogP contribution in [0.1, 0.15) is 45.6 Å². The monoisotopic (exact) mass is 245 g/mol. The highest BCUT2D eigenvalue weighted by atomic mass is 14.9. The fourth-order valence-corrected chi connectivity index (χ4v) is 2.50. The Morgan fingerprint density at radius 1 is 1.28 bits per heavy atom. The van der Waals surface area contributed by atoms with Crippen LogP contribution >= 0.6 is 0 Å². The molecule has 0 aliphatic carbocycles. The Labute approximate surface area is 112 Å². The highest BCUT2D eigenvalue weighted by Crippen LogP contribution is 2.29. The lowest BCUT2D eigenvalue weighted by molar-refractivity contribution is 0.322. The van der Waals surface area contributed by atoms with Gasteiger partial charge in [0.15, 0.2) is 0 Å². The summed E-state index contributed by atoms with van der Waals surface area (Å²) in [6.07, 6.45) is 5.52. The molecule has 0 fully saturated rings. The minimum absolute atomic E-state index is 0.165. The summed E-state index contributed by atoms with van der Waals surface area (Å²) in [6, 6.07) is 11.3. The number of hydrogen-bond acceptors (Lipinski definition) is 1. The van der Waals surface area contributed by atoms with Crippen molar-refractivity contribution in [1.82, 2.24) is 5.32 Å². The largest absolute Gasteiger partial charge is 0.313 e. The fraction of sp³-hybridized carbons (Fsp3) is 0.529. The van der Waals surface area contributed by atoms with Gasteiger partial charge >= 0.3 is 0 Å². The standard InChI is InChI=1S/C17H27N/c1-5-7-9-14-16(18-6-2)17(3,4)15-12-10-8-11-13-15/h5,8,10-13,16,18H,1,6-7,9,14H2,2-4H3. The van der Waals surface area contributed by atoms with Crippen molar-refractivity contribution in [2.24, 2.45) is 0 Å². The van der Waals surface area contributed by atoms with Gasteiger partial charge in [-0.3, -0.25) is 0 Å². The van der Waals surface area contributed by atoms with Crippen LogP contribution in [0.5, 0.6) is 0 Å². The first-order valence-electron chi connectivity index (χ1n) is 7.02. The topological polar surface area (TPSA) is 12.0 Å². The summed E-state index contributed by atoms with van der Waals surface area (Å²) in [4.78, 5) is 0. The van der Waals surface area contributed by atoms with E-state index in [1.54, 1.807) is 0 Å². The number of rotatable bonds is 8. The van der Waals surface area contributed by atoms with E-state index in [1.807, 2.05) is 6.08 Å². The summed E-state index contributed by atoms with van der Waals surface area (Å²) in [6.45, 7) is 11.7. The van der Waals surface area contributed by atoms with E-state index in [9.17, 15) is 0 Å². The Morgan fingerprint density at radius 2 is 1.94 bits per heavy atom. The van der Waals surface area contributed by atoms with E-state index in [0.29, 0.717) is 6.04 Å². The van der Waals surface area contributed by atoms with Gasteiger partial charge in [-0.1, -0.05) is 57.2 Å². The molecule has 0 aliphatic heterocycles. The van der Waals surface area contributed by atoms with Crippen molar-refractivity contribution >= 4 is 0 Å². The maximum absolute atomic E-state index is 3.80. The summed E-state index contributed by atoms with van der Waals surface area (Å²) >= 11 is 0. The number of unbranched alkanes of at least 4 members (excludes halogenated alkanes) is 1. The molecule has 0 aromatic heterocycles. The van der Waals surface area contributed by atoms with Crippen molar-refractivity contribution in [2.45, 2.75) is 51.5 Å². The van der Waals surface area contributed by atoms with E-state index in [2.05, 4.69) is 63.0 Å². The van der Waals surface area contributed by atoms with E-state index < -0.39 is 0 Å². The minimum Gasteiger partial charge on any atom is -0.313 e. The molecule has 1 unspecified atom stereocenters. The molecule has 1 N–H and O–H groups in total. The lowest BCUT2D eigenvalue weighted by Gasteiger charge is -2.35. The molecule has 1 aromatic carbocycles. The molecule has 0 amide bonds. The number of likely N-dealkylation sites (N-methyl/N-ethyl adjacent to an activating group) is 1. The molecule has 0 bridgehead atoms. The van der Waals surface area contributed by atoms with Gasteiger partial charge in [0.05, 0.1) is 0 Å². The molecule has 0 saturated carbocycles. The van der Waals surface area contributed by atoms with Crippen LogP contribution in [0, 0.1) is 0 Å². The molecule has 1 aromatic rings. The molecular formula is C17H27N. The quantitative estimate of drug-likeness (QED) is 0.532. The average molecular weight is 245 g/mol. The summed E-state index contributed by atoms with van der Waals surface area (Å²) in [5.74, 6) is 0. The summed E-state index contributed by atoms with van der Waals surface area (Å²) < 4.78 is 0. The first-order valence-corrected chi connectivity index (χ1v) is 7.02. The zero-order valence-corrected chi connectivity index (χ0v) is 12.1. The van der Waals surface area contributed by atoms with Gasteiger partial charge < -0.3 is 5.32 Å². The molecular weight excluding hydrogens is 218 g/mol. The van der Waals surface area contributed by atoms with Gasteiger partial charge in [-0.05, 0) is 31.4 Å². The van der Waals surface area contributed by atoms with E-state index in [1.165, 1.54) is 18.4 Å². The fourth-order valence-electron chi connectivity index (χ4n) is 2.50. The van der Waals surface area contributed by atoms with E-state index in [0.717, 1.165) is 13.0 Å². The van der Waals surface area contributed by atoms with E-state index >= 15 is 0 Å². The average Bonchev–Trinajstić information content (AvgIpc) is 2.39. The van der Waals surface area contributed by atoms with Crippen molar-refractivity contribution in [3.8, 4) is 0 Å². The first kappa shape index (κ1) is 15.0. The molecule has 18 heavy (non-hydrogen) atoms. The van der Waals surface area contributed by atoms with Crippen molar-refractivity contribution < 1.29 is 0 Å². The van der Waals surface area contributed by atoms with Crippen LogP contribution in [0.2, 0.25) is 0 Å². The Kier molecular flexibility index (Phi) is 6.14. The third kappa shape index (κ3) is 3.99. The number of benzene rings is 1. The molecule has 0 saturated heterocycles. The molecule has 0 aliphatic rings. The van der Waals surface area contributed by atoms with Crippen molar-refractivity contribution in [3.05, 3.63) is 48.6 Å². The maximum atomic E-state index is 3.80. The molecule has 1 nitrogen and oxygen atoms in total. The summed E-state index contributed by atoms with van der Waals surface area (Å²) in [7, 11) is 0. The third-order valence-electron chi connectivity index (χ3n) is 3.74. The van der Waals surface area contributed by atoms with Crippen LogP contribution in [0.3, 0.4) is 0 Å². The van der Waals surface area contributed by atoms with Crippen molar-refractivity contribution in [1.29, 1.82) is 0 Å². The van der Waals surface area contributed by atoms with Crippen molar-refractivity contribution in [2.75, 3.05) is 6.54 Å². The molecule has 1 heteroatoms. The number of nitrogens with one attached hydrogen (secondary N) is 1. The minimum atomic E-state index is 0.165. The lowest BCUT2D eigenvalue weighted by atomic mass is 9.76. The highest BCUT2D eigenvalue weighted by molar-refractivity contribution is 5.25. The van der Waals surface area contributed by atoms with Crippen LogP contribution in [-0.4, -0.2) is 12.6 Å². The Hall–Kier alpha value is -1.08. The van der Waals surface area contributed by atoms with Gasteiger partial charge in [0.2, 0.25) is 0 Å². The van der Waals surface area contributed by atoms with Crippen LogP contribution in [0.15, 0.2) is 43.0 Å². The third-order valence-corrected chi connectivity index (χ3v) is 3.74. The van der Waals surface area contributed by atoms with Crippen LogP contribution in [0.25, 0.3) is 0 Å². The van der Waals surface area contributed by atoms with Crippen molar-refractivity contribution in [3.63, 3.8) is 0 Å². The molecule has 0 radical (unpaired) electrons. The molecule has 0 heterocycles. The molecule has 0 spiro atoms. The molecule has 100 valence electrons. The van der Waals surface area contributed by atoms with E-state index in [4.69, 9.17) is 0 Å². The van der Waals surface area contributed by atoms with Crippen LogP contribution < -0.4 is 5.32 Å². The van der Waals surface area contributed by atoms with Gasteiger partial charge in [-0.2, -0.15) is 0 Å². The molecule has 1 atom stereocenters. The second-order valence-electron chi connectivity index (χ2n) is 5.42. The predicted octanol–water partition coefficient (Wildman–Crippen LogP) is 4.30. The van der Waals surface area contributed by atoms with Gasteiger partial charge in [-0.15, -0.1) is 6.58 Å². The summed E-state index contributed by atoms with van der Waals surface area (Å²) in [5, 5.41) is 3.65. The zero-order chi connectivity index (χ0) is 13.4. The lowest BCUT2D eigenvalue weighted by Crippen LogP contribution is -2.44. The van der Waals surface area contributed by atoms with Gasteiger partial charge in [0, 0.05) is 11.5 Å². The number of allylic oxidation sites excluding steroid dienone is 1. The van der Waals surface area contributed by atoms with Gasteiger partial charge in [-0.25, -0.2) is 0 Å². The number of hydrogen-bond donors (Lipinski definition) is 1. The van der Waals surface area contributed by atoms with E-state index in [-0.39, 0.29) is 5.41 Å². The normalized spacial score (nSPS) is 13.3. The van der Waals surface area contributed by atoms with Gasteiger partial charge in [0.25, 0.3) is 0 Å². The van der Waals surface area contributed by atoms with Crippen LogP contribution in [0.4, 0.5) is 0 Å². The first-order chi connectivity index (χ1) is 8.62. The second kappa shape index (κ2) is 7.38. The Balaban J connectivity index is 2.78. The van der Waals surface area contributed by atoms with Gasteiger partial charge in [0.1, 0.15) is 0 Å². The highest BCUT2D eigenvalue weighted by Gasteiger charge is 2.29. The summed E-state index contributed by atoms with van der Waals surface area (Å²) in [5.41, 5.74) is 1.58.